The van der Waals surface area contributed by atoms with Crippen LogP contribution < -0.4 is 10.6 Å². The number of benzene rings is 1. The Labute approximate surface area is 156 Å². The van der Waals surface area contributed by atoms with Crippen LogP contribution in [0.5, 0.6) is 5.75 Å². The van der Waals surface area contributed by atoms with Crippen molar-refractivity contribution in [2.45, 2.75) is 45.6 Å². The van der Waals surface area contributed by atoms with Gasteiger partial charge in [-0.3, -0.25) is 0 Å². The van der Waals surface area contributed by atoms with Gasteiger partial charge >= 0.3 is 0 Å². The molecule has 23 heavy (non-hydrogen) atoms. The lowest BCUT2D eigenvalue weighted by molar-refractivity contribution is 0.475. The molecule has 2 rings (SSSR count). The highest BCUT2D eigenvalue weighted by atomic mass is 127. The van der Waals surface area contributed by atoms with Crippen molar-refractivity contribution in [1.82, 2.24) is 10.6 Å². The predicted molar refractivity (Wildman–Crippen MR) is 108 cm³/mol. The Morgan fingerprint density at radius 2 is 1.96 bits per heavy atom. The Bertz CT molecular complexity index is 512. The van der Waals surface area contributed by atoms with Gasteiger partial charge in [0.1, 0.15) is 5.75 Å². The molecule has 0 saturated carbocycles. The molecule has 1 aromatic rings. The maximum Gasteiger partial charge on any atom is 0.191 e. The van der Waals surface area contributed by atoms with Crippen LogP contribution in [-0.4, -0.2) is 24.2 Å². The summed E-state index contributed by atoms with van der Waals surface area (Å²) in [6.45, 7) is 4.46. The second-order valence-corrected chi connectivity index (χ2v) is 5.65. The van der Waals surface area contributed by atoms with E-state index in [0.29, 0.717) is 12.3 Å². The molecule has 4 nitrogen and oxygen atoms in total. The fourth-order valence-electron chi connectivity index (χ4n) is 2.59. The summed E-state index contributed by atoms with van der Waals surface area (Å²) in [6, 6.07) is 7.19. The van der Waals surface area contributed by atoms with Gasteiger partial charge < -0.3 is 15.7 Å². The number of aromatic hydroxyl groups is 1. The number of hydrogen-bond acceptors (Lipinski definition) is 2. The highest BCUT2D eigenvalue weighted by Crippen LogP contribution is 2.19. The Balaban J connectivity index is 0.00000264. The number of nitrogens with zero attached hydrogens (tertiary/aromatic N) is 1. The molecule has 0 atom stereocenters. The molecule has 3 N–H and O–H groups in total. The lowest BCUT2D eigenvalue weighted by Gasteiger charge is -2.15. The predicted octanol–water partition coefficient (Wildman–Crippen LogP) is 3.96. The minimum atomic E-state index is 0. The van der Waals surface area contributed by atoms with E-state index >= 15 is 0 Å². The van der Waals surface area contributed by atoms with E-state index in [0.717, 1.165) is 31.0 Å². The molecular weight excluding hydrogens is 401 g/mol. The van der Waals surface area contributed by atoms with E-state index in [2.05, 4.69) is 28.6 Å². The van der Waals surface area contributed by atoms with Gasteiger partial charge in [0.05, 0.1) is 6.54 Å². The summed E-state index contributed by atoms with van der Waals surface area (Å²) in [5, 5.41) is 16.0. The van der Waals surface area contributed by atoms with Gasteiger partial charge in [0.25, 0.3) is 0 Å². The molecule has 0 unspecified atom stereocenters. The number of halogens is 1. The summed E-state index contributed by atoms with van der Waals surface area (Å²) in [7, 11) is 0. The molecule has 1 aliphatic rings. The van der Waals surface area contributed by atoms with Crippen molar-refractivity contribution in [3.05, 3.63) is 41.5 Å². The smallest absolute Gasteiger partial charge is 0.191 e. The minimum Gasteiger partial charge on any atom is -0.508 e. The third kappa shape index (κ3) is 7.72. The zero-order chi connectivity index (χ0) is 15.6. The molecule has 0 bridgehead atoms. The fraction of sp³-hybridized carbons (Fsp3) is 0.500. The van der Waals surface area contributed by atoms with E-state index < -0.39 is 0 Å². The molecule has 1 aromatic carbocycles. The first kappa shape index (κ1) is 19.8. The molecule has 0 fully saturated rings. The van der Waals surface area contributed by atoms with Crippen LogP contribution in [0.15, 0.2) is 40.9 Å². The van der Waals surface area contributed by atoms with Crippen molar-refractivity contribution in [2.75, 3.05) is 13.1 Å². The van der Waals surface area contributed by atoms with Gasteiger partial charge in [-0.15, -0.1) is 24.0 Å². The lowest BCUT2D eigenvalue weighted by Crippen LogP contribution is -2.37. The molecule has 5 heteroatoms. The summed E-state index contributed by atoms with van der Waals surface area (Å²) in [4.78, 5) is 4.59. The van der Waals surface area contributed by atoms with Crippen LogP contribution in [0.2, 0.25) is 0 Å². The van der Waals surface area contributed by atoms with Crippen molar-refractivity contribution in [2.24, 2.45) is 4.99 Å². The number of allylic oxidation sites excluding steroid dienone is 1. The van der Waals surface area contributed by atoms with Crippen LogP contribution in [0.4, 0.5) is 0 Å². The summed E-state index contributed by atoms with van der Waals surface area (Å²) < 4.78 is 0. The van der Waals surface area contributed by atoms with E-state index in [1.807, 2.05) is 12.1 Å². The van der Waals surface area contributed by atoms with Crippen LogP contribution in [0.3, 0.4) is 0 Å². The van der Waals surface area contributed by atoms with Crippen molar-refractivity contribution < 1.29 is 5.11 Å². The third-order valence-corrected chi connectivity index (χ3v) is 3.82. The Morgan fingerprint density at radius 3 is 2.61 bits per heavy atom. The number of aliphatic imine (C=N–C) groups is 1. The van der Waals surface area contributed by atoms with Gasteiger partial charge in [0.2, 0.25) is 0 Å². The normalized spacial score (nSPS) is 14.7. The quantitative estimate of drug-likeness (QED) is 0.278. The van der Waals surface area contributed by atoms with E-state index in [1.54, 1.807) is 17.7 Å². The van der Waals surface area contributed by atoms with Crippen LogP contribution in [-0.2, 0) is 6.54 Å². The Kier molecular flexibility index (Phi) is 9.75. The second-order valence-electron chi connectivity index (χ2n) is 5.65. The first-order valence-corrected chi connectivity index (χ1v) is 8.26. The molecule has 0 aromatic heterocycles. The van der Waals surface area contributed by atoms with Gasteiger partial charge in [-0.1, -0.05) is 23.8 Å². The lowest BCUT2D eigenvalue weighted by atomic mass is 9.97. The topological polar surface area (TPSA) is 56.7 Å². The van der Waals surface area contributed by atoms with Crippen molar-refractivity contribution >= 4 is 29.9 Å². The van der Waals surface area contributed by atoms with Crippen LogP contribution in [0, 0.1) is 0 Å². The molecule has 128 valence electrons. The molecule has 0 spiro atoms. The van der Waals surface area contributed by atoms with Gasteiger partial charge in [0, 0.05) is 13.1 Å². The average molecular weight is 429 g/mol. The number of guanidine groups is 1. The standard InChI is InChI=1S/C18H27N3O.HI/c1-2-19-18(20-13-12-15-6-4-3-5-7-15)21-14-16-8-10-17(22)11-9-16;/h6,8-11,22H,2-5,7,12-14H2,1H3,(H2,19,20,21);1H. The van der Waals surface area contributed by atoms with E-state index in [4.69, 9.17) is 0 Å². The Hall–Kier alpha value is -1.24. The molecule has 1 aliphatic carbocycles. The fourth-order valence-corrected chi connectivity index (χ4v) is 2.59. The zero-order valence-corrected chi connectivity index (χ0v) is 16.2. The molecule has 0 radical (unpaired) electrons. The van der Waals surface area contributed by atoms with Gasteiger partial charge in [-0.2, -0.15) is 0 Å². The summed E-state index contributed by atoms with van der Waals surface area (Å²) >= 11 is 0. The molecule has 0 saturated heterocycles. The van der Waals surface area contributed by atoms with Gasteiger partial charge in [-0.25, -0.2) is 4.99 Å². The molecule has 0 amide bonds. The maximum absolute atomic E-state index is 9.29. The van der Waals surface area contributed by atoms with Crippen molar-refractivity contribution in [1.29, 1.82) is 0 Å². The SMILES string of the molecule is CCNC(=NCc1ccc(O)cc1)NCCC1=CCCCC1.I. The largest absolute Gasteiger partial charge is 0.508 e. The van der Waals surface area contributed by atoms with Gasteiger partial charge in [-0.05, 0) is 56.7 Å². The molecular formula is C18H28IN3O. The zero-order valence-electron chi connectivity index (χ0n) is 13.8. The number of phenolic OH excluding ortho intramolecular Hbond substituents is 1. The highest BCUT2D eigenvalue weighted by Gasteiger charge is 2.04. The third-order valence-electron chi connectivity index (χ3n) is 3.82. The summed E-state index contributed by atoms with van der Waals surface area (Å²) in [5.74, 6) is 1.14. The monoisotopic (exact) mass is 429 g/mol. The first-order chi connectivity index (χ1) is 10.8. The second kappa shape index (κ2) is 11.3. The molecule has 0 heterocycles. The maximum atomic E-state index is 9.29. The van der Waals surface area contributed by atoms with Crippen molar-refractivity contribution in [3.8, 4) is 5.75 Å². The van der Waals surface area contributed by atoms with E-state index in [1.165, 1.54) is 25.7 Å². The summed E-state index contributed by atoms with van der Waals surface area (Å²) in [6.07, 6.45) is 8.66. The molecule has 0 aliphatic heterocycles. The number of rotatable bonds is 6. The van der Waals surface area contributed by atoms with Crippen LogP contribution >= 0.6 is 24.0 Å². The number of nitrogens with one attached hydrogen (secondary N) is 2. The highest BCUT2D eigenvalue weighted by molar-refractivity contribution is 14.0. The average Bonchev–Trinajstić information content (AvgIpc) is 2.55. The van der Waals surface area contributed by atoms with Crippen LogP contribution in [0.25, 0.3) is 0 Å². The number of phenols is 1. The minimum absolute atomic E-state index is 0. The van der Waals surface area contributed by atoms with E-state index in [9.17, 15) is 5.11 Å². The van der Waals surface area contributed by atoms with E-state index in [-0.39, 0.29) is 24.0 Å². The Morgan fingerprint density at radius 1 is 1.17 bits per heavy atom. The van der Waals surface area contributed by atoms with Crippen LogP contribution in [0.1, 0.15) is 44.6 Å². The van der Waals surface area contributed by atoms with Gasteiger partial charge in [0.15, 0.2) is 5.96 Å². The first-order valence-electron chi connectivity index (χ1n) is 8.26. The van der Waals surface area contributed by atoms with Crippen molar-refractivity contribution in [3.63, 3.8) is 0 Å². The number of hydrogen-bond donors (Lipinski definition) is 3. The summed E-state index contributed by atoms with van der Waals surface area (Å²) in [5.41, 5.74) is 2.66.